The first-order valence-electron chi connectivity index (χ1n) is 5.92. The molecule has 0 unspecified atom stereocenters. The van der Waals surface area contributed by atoms with Crippen molar-refractivity contribution in [2.24, 2.45) is 0 Å². The van der Waals surface area contributed by atoms with E-state index in [1.165, 1.54) is 19.3 Å². The van der Waals surface area contributed by atoms with Crippen molar-refractivity contribution in [3.8, 4) is 0 Å². The van der Waals surface area contributed by atoms with E-state index >= 15 is 0 Å². The average molecular weight is 213 g/mol. The third kappa shape index (κ3) is 2.88. The van der Waals surface area contributed by atoms with Gasteiger partial charge in [-0.1, -0.05) is 42.9 Å². The van der Waals surface area contributed by atoms with Gasteiger partial charge in [-0.15, -0.1) is 0 Å². The highest BCUT2D eigenvalue weighted by Crippen LogP contribution is 2.17. The summed E-state index contributed by atoms with van der Waals surface area (Å²) in [4.78, 5) is 11.9. The van der Waals surface area contributed by atoms with Gasteiger partial charge >= 0.3 is 0 Å². The van der Waals surface area contributed by atoms with Crippen LogP contribution in [0.4, 0.5) is 0 Å². The molecule has 1 saturated carbocycles. The molecule has 3 heteroatoms. The van der Waals surface area contributed by atoms with E-state index in [4.69, 9.17) is 7.85 Å². The molecular weight excluding hydrogens is 197 g/mol. The number of hydrogen-bond acceptors (Lipinski definition) is 1. The van der Waals surface area contributed by atoms with E-state index in [2.05, 4.69) is 5.32 Å². The Morgan fingerprint density at radius 1 is 1.25 bits per heavy atom. The Morgan fingerprint density at radius 3 is 2.69 bits per heavy atom. The normalized spacial score (nSPS) is 17.0. The van der Waals surface area contributed by atoms with Gasteiger partial charge < -0.3 is 5.32 Å². The van der Waals surface area contributed by atoms with E-state index in [1.807, 2.05) is 6.07 Å². The van der Waals surface area contributed by atoms with Gasteiger partial charge in [0.25, 0.3) is 5.91 Å². The zero-order chi connectivity index (χ0) is 11.4. The lowest BCUT2D eigenvalue weighted by Crippen LogP contribution is -2.36. The van der Waals surface area contributed by atoms with Crippen molar-refractivity contribution in [3.63, 3.8) is 0 Å². The molecule has 1 aromatic rings. The van der Waals surface area contributed by atoms with E-state index in [0.717, 1.165) is 12.8 Å². The van der Waals surface area contributed by atoms with Crippen molar-refractivity contribution in [2.45, 2.75) is 38.1 Å². The summed E-state index contributed by atoms with van der Waals surface area (Å²) >= 11 is 0. The van der Waals surface area contributed by atoms with Crippen LogP contribution in [0, 0.1) is 0 Å². The molecule has 0 spiro atoms. The highest BCUT2D eigenvalue weighted by Gasteiger charge is 2.16. The lowest BCUT2D eigenvalue weighted by molar-refractivity contribution is 0.0928. The third-order valence-electron chi connectivity index (χ3n) is 3.09. The number of amides is 1. The second-order valence-corrected chi connectivity index (χ2v) is 4.43. The summed E-state index contributed by atoms with van der Waals surface area (Å²) in [6.07, 6.45) is 5.95. The summed E-state index contributed by atoms with van der Waals surface area (Å²) in [6.45, 7) is 0. The molecule has 0 aliphatic heterocycles. The fraction of sp³-hybridized carbons (Fsp3) is 0.462. The number of nitrogens with one attached hydrogen (secondary N) is 1. The summed E-state index contributed by atoms with van der Waals surface area (Å²) in [5.41, 5.74) is 1.29. The lowest BCUT2D eigenvalue weighted by Gasteiger charge is -2.22. The fourth-order valence-corrected chi connectivity index (χ4v) is 2.20. The molecule has 1 fully saturated rings. The summed E-state index contributed by atoms with van der Waals surface area (Å²) in [5, 5.41) is 3.07. The van der Waals surface area contributed by atoms with Crippen molar-refractivity contribution in [2.75, 3.05) is 0 Å². The molecule has 1 aliphatic carbocycles. The van der Waals surface area contributed by atoms with Gasteiger partial charge in [-0.3, -0.25) is 4.79 Å². The summed E-state index contributed by atoms with van der Waals surface area (Å²) < 4.78 is 0. The maximum atomic E-state index is 11.9. The number of carbonyl (C=O) groups is 1. The van der Waals surface area contributed by atoms with Crippen LogP contribution in [0.5, 0.6) is 0 Å². The Kier molecular flexibility index (Phi) is 3.65. The van der Waals surface area contributed by atoms with Gasteiger partial charge in [-0.25, -0.2) is 0 Å². The predicted molar refractivity (Wildman–Crippen MR) is 66.2 cm³/mol. The molecule has 1 aromatic carbocycles. The Labute approximate surface area is 97.8 Å². The van der Waals surface area contributed by atoms with Crippen molar-refractivity contribution < 1.29 is 4.79 Å². The zero-order valence-electron chi connectivity index (χ0n) is 9.41. The molecule has 1 aliphatic rings. The first kappa shape index (κ1) is 11.2. The van der Waals surface area contributed by atoms with Crippen LogP contribution in [0.3, 0.4) is 0 Å². The Bertz CT molecular complexity index is 372. The molecule has 1 amide bonds. The van der Waals surface area contributed by atoms with Crippen LogP contribution in [0.1, 0.15) is 42.5 Å². The van der Waals surface area contributed by atoms with Crippen LogP contribution in [0.15, 0.2) is 24.3 Å². The molecule has 0 bridgehead atoms. The lowest BCUT2D eigenvalue weighted by atomic mass is 9.93. The number of hydrogen-bond donors (Lipinski definition) is 1. The Morgan fingerprint density at radius 2 is 2.00 bits per heavy atom. The Balaban J connectivity index is 1.97. The molecule has 2 rings (SSSR count). The average Bonchev–Trinajstić information content (AvgIpc) is 2.30. The molecule has 16 heavy (non-hydrogen) atoms. The van der Waals surface area contributed by atoms with E-state index in [-0.39, 0.29) is 5.91 Å². The number of benzene rings is 1. The SMILES string of the molecule is [B]c1cccc(C(=O)NC2CCCCC2)c1. The number of rotatable bonds is 2. The van der Waals surface area contributed by atoms with Gasteiger partial charge in [0.15, 0.2) is 0 Å². The van der Waals surface area contributed by atoms with E-state index in [1.54, 1.807) is 18.2 Å². The molecule has 0 heterocycles. The maximum absolute atomic E-state index is 11.9. The molecule has 2 radical (unpaired) electrons. The van der Waals surface area contributed by atoms with Crippen molar-refractivity contribution >= 4 is 19.2 Å². The first-order chi connectivity index (χ1) is 7.75. The first-order valence-corrected chi connectivity index (χ1v) is 5.92. The van der Waals surface area contributed by atoms with Gasteiger partial charge in [-0.05, 0) is 18.9 Å². The van der Waals surface area contributed by atoms with Crippen LogP contribution in [0.25, 0.3) is 0 Å². The van der Waals surface area contributed by atoms with E-state index in [9.17, 15) is 4.79 Å². The second-order valence-electron chi connectivity index (χ2n) is 4.43. The van der Waals surface area contributed by atoms with Gasteiger partial charge in [0.1, 0.15) is 7.85 Å². The number of carbonyl (C=O) groups excluding carboxylic acids is 1. The van der Waals surface area contributed by atoms with Crippen molar-refractivity contribution in [1.82, 2.24) is 5.32 Å². The van der Waals surface area contributed by atoms with E-state index in [0.29, 0.717) is 17.1 Å². The monoisotopic (exact) mass is 213 g/mol. The standard InChI is InChI=1S/C13H16BNO/c14-11-6-4-5-10(9-11)13(16)15-12-7-2-1-3-8-12/h4-6,9,12H,1-3,7-8H2,(H,15,16). The minimum atomic E-state index is -0.000741. The smallest absolute Gasteiger partial charge is 0.251 e. The quantitative estimate of drug-likeness (QED) is 0.742. The topological polar surface area (TPSA) is 29.1 Å². The minimum Gasteiger partial charge on any atom is -0.349 e. The molecule has 2 nitrogen and oxygen atoms in total. The third-order valence-corrected chi connectivity index (χ3v) is 3.09. The second kappa shape index (κ2) is 5.19. The summed E-state index contributed by atoms with van der Waals surface area (Å²) in [5.74, 6) is -0.000741. The molecule has 1 N–H and O–H groups in total. The molecule has 0 atom stereocenters. The molecule has 0 saturated heterocycles. The summed E-state index contributed by atoms with van der Waals surface area (Å²) in [7, 11) is 5.65. The molecular formula is C13H16BNO. The van der Waals surface area contributed by atoms with E-state index < -0.39 is 0 Å². The summed E-state index contributed by atoms with van der Waals surface area (Å²) in [6, 6.07) is 7.47. The molecule has 0 aromatic heterocycles. The fourth-order valence-electron chi connectivity index (χ4n) is 2.20. The van der Waals surface area contributed by atoms with Gasteiger partial charge in [0.2, 0.25) is 0 Å². The highest BCUT2D eigenvalue weighted by atomic mass is 16.1. The zero-order valence-corrected chi connectivity index (χ0v) is 9.41. The minimum absolute atomic E-state index is 0.000741. The van der Waals surface area contributed by atoms with Gasteiger partial charge in [-0.2, -0.15) is 0 Å². The van der Waals surface area contributed by atoms with Crippen molar-refractivity contribution in [3.05, 3.63) is 29.8 Å². The van der Waals surface area contributed by atoms with Crippen LogP contribution < -0.4 is 10.8 Å². The molecule has 82 valence electrons. The van der Waals surface area contributed by atoms with Gasteiger partial charge in [0, 0.05) is 11.6 Å². The van der Waals surface area contributed by atoms with Crippen molar-refractivity contribution in [1.29, 1.82) is 0 Å². The van der Waals surface area contributed by atoms with Gasteiger partial charge in [0.05, 0.1) is 0 Å². The highest BCUT2D eigenvalue weighted by molar-refractivity contribution is 6.32. The van der Waals surface area contributed by atoms with Crippen LogP contribution in [-0.4, -0.2) is 19.8 Å². The van der Waals surface area contributed by atoms with Crippen LogP contribution in [-0.2, 0) is 0 Å². The Hall–Kier alpha value is -1.25. The van der Waals surface area contributed by atoms with Crippen LogP contribution in [0.2, 0.25) is 0 Å². The maximum Gasteiger partial charge on any atom is 0.251 e. The predicted octanol–water partition coefficient (Wildman–Crippen LogP) is 1.54. The van der Waals surface area contributed by atoms with Crippen LogP contribution >= 0.6 is 0 Å². The largest absolute Gasteiger partial charge is 0.349 e.